The summed E-state index contributed by atoms with van der Waals surface area (Å²) < 4.78 is 21.6. The number of aromatic nitrogens is 4. The predicted octanol–water partition coefficient (Wildman–Crippen LogP) is 3.72. The average molecular weight is 445 g/mol. The van der Waals surface area contributed by atoms with Gasteiger partial charge in [-0.3, -0.25) is 24.3 Å². The van der Waals surface area contributed by atoms with Gasteiger partial charge in [0.25, 0.3) is 5.91 Å². The van der Waals surface area contributed by atoms with Crippen molar-refractivity contribution in [1.29, 1.82) is 0 Å². The Morgan fingerprint density at radius 3 is 2.81 bits per heavy atom. The van der Waals surface area contributed by atoms with Gasteiger partial charge in [0.2, 0.25) is 0 Å². The summed E-state index contributed by atoms with van der Waals surface area (Å²) in [5, 5.41) is 21.6. The van der Waals surface area contributed by atoms with Crippen molar-refractivity contribution in [3.05, 3.63) is 93.0 Å². The highest BCUT2D eigenvalue weighted by Crippen LogP contribution is 2.22. The number of rotatable bonds is 7. The monoisotopic (exact) mass is 444 g/mol. The molecule has 1 N–H and O–H groups in total. The quantitative estimate of drug-likeness (QED) is 0.342. The molecule has 12 heteroatoms. The number of hydrogen-bond donors (Lipinski definition) is 1. The van der Waals surface area contributed by atoms with Crippen LogP contribution >= 0.6 is 11.6 Å². The zero-order valence-electron chi connectivity index (χ0n) is 15.7. The second-order valence-corrected chi connectivity index (χ2v) is 6.93. The number of nitrogens with one attached hydrogen (secondary N) is 1. The van der Waals surface area contributed by atoms with Gasteiger partial charge in [-0.1, -0.05) is 23.7 Å². The molecular formula is C19H14ClFN6O4. The van der Waals surface area contributed by atoms with Gasteiger partial charge in [-0.25, -0.2) is 4.39 Å². The molecule has 4 aromatic rings. The van der Waals surface area contributed by atoms with E-state index in [1.165, 1.54) is 40.0 Å². The molecule has 0 saturated heterocycles. The number of anilines is 1. The Labute approximate surface area is 179 Å². The van der Waals surface area contributed by atoms with Crippen LogP contribution in [-0.2, 0) is 13.1 Å². The number of furan rings is 1. The normalized spacial score (nSPS) is 10.9. The van der Waals surface area contributed by atoms with Crippen LogP contribution in [0, 0.1) is 15.9 Å². The highest BCUT2D eigenvalue weighted by atomic mass is 35.5. The molecule has 3 heterocycles. The van der Waals surface area contributed by atoms with Crippen LogP contribution in [0.4, 0.5) is 15.9 Å². The first-order valence-corrected chi connectivity index (χ1v) is 9.29. The Kier molecular flexibility index (Phi) is 5.50. The summed E-state index contributed by atoms with van der Waals surface area (Å²) in [5.41, 5.74) is 0.541. The summed E-state index contributed by atoms with van der Waals surface area (Å²) in [6, 6.07) is 9.08. The number of hydrogen-bond acceptors (Lipinski definition) is 6. The van der Waals surface area contributed by atoms with Crippen LogP contribution in [0.5, 0.6) is 0 Å². The number of amides is 1. The van der Waals surface area contributed by atoms with Crippen LogP contribution in [-0.4, -0.2) is 30.4 Å². The van der Waals surface area contributed by atoms with Crippen molar-refractivity contribution in [3.8, 4) is 0 Å². The first-order chi connectivity index (χ1) is 14.9. The van der Waals surface area contributed by atoms with E-state index in [1.54, 1.807) is 18.2 Å². The molecule has 0 bridgehead atoms. The van der Waals surface area contributed by atoms with Crippen LogP contribution in [0.15, 0.2) is 59.4 Å². The molecule has 0 aliphatic carbocycles. The first-order valence-electron chi connectivity index (χ1n) is 8.91. The van der Waals surface area contributed by atoms with Crippen molar-refractivity contribution in [1.82, 2.24) is 19.6 Å². The van der Waals surface area contributed by atoms with Gasteiger partial charge in [0.1, 0.15) is 29.0 Å². The van der Waals surface area contributed by atoms with Crippen molar-refractivity contribution >= 4 is 29.0 Å². The number of carbonyl (C=O) groups excluding carboxylic acids is 1. The minimum atomic E-state index is -0.574. The molecule has 31 heavy (non-hydrogen) atoms. The molecule has 0 spiro atoms. The van der Waals surface area contributed by atoms with E-state index in [4.69, 9.17) is 16.0 Å². The highest BCUT2D eigenvalue weighted by Gasteiger charge is 2.17. The lowest BCUT2D eigenvalue weighted by atomic mass is 10.2. The Morgan fingerprint density at radius 2 is 2.06 bits per heavy atom. The minimum absolute atomic E-state index is 0.00685. The number of nitrogens with zero attached hydrogens (tertiary/aromatic N) is 5. The minimum Gasteiger partial charge on any atom is -0.454 e. The molecule has 0 aliphatic rings. The number of nitro groups is 1. The van der Waals surface area contributed by atoms with Gasteiger partial charge in [-0.2, -0.15) is 10.2 Å². The lowest BCUT2D eigenvalue weighted by Crippen LogP contribution is -2.12. The zero-order valence-corrected chi connectivity index (χ0v) is 16.5. The summed E-state index contributed by atoms with van der Waals surface area (Å²) in [4.78, 5) is 22.6. The largest absolute Gasteiger partial charge is 0.454 e. The van der Waals surface area contributed by atoms with Crippen molar-refractivity contribution in [2.75, 3.05) is 5.32 Å². The summed E-state index contributed by atoms with van der Waals surface area (Å²) >= 11 is 6.15. The number of benzene rings is 1. The van der Waals surface area contributed by atoms with Crippen LogP contribution in [0.1, 0.15) is 21.9 Å². The fourth-order valence-electron chi connectivity index (χ4n) is 2.83. The summed E-state index contributed by atoms with van der Waals surface area (Å²) in [7, 11) is 0. The van der Waals surface area contributed by atoms with Crippen LogP contribution < -0.4 is 5.32 Å². The Bertz CT molecular complexity index is 1260. The van der Waals surface area contributed by atoms with E-state index in [0.29, 0.717) is 11.3 Å². The van der Waals surface area contributed by atoms with E-state index in [2.05, 4.69) is 15.5 Å². The summed E-state index contributed by atoms with van der Waals surface area (Å²) in [5.74, 6) is -0.416. The zero-order chi connectivity index (χ0) is 22.0. The van der Waals surface area contributed by atoms with Crippen LogP contribution in [0.2, 0.25) is 5.02 Å². The van der Waals surface area contributed by atoms with E-state index in [0.717, 1.165) is 6.20 Å². The van der Waals surface area contributed by atoms with Crippen molar-refractivity contribution < 1.29 is 18.5 Å². The molecule has 0 unspecified atom stereocenters. The summed E-state index contributed by atoms with van der Waals surface area (Å²) in [6.45, 7) is 0.387. The van der Waals surface area contributed by atoms with Crippen molar-refractivity contribution in [2.45, 2.75) is 13.1 Å². The van der Waals surface area contributed by atoms with Gasteiger partial charge in [-0.05, 0) is 29.8 Å². The van der Waals surface area contributed by atoms with Gasteiger partial charge in [0.05, 0.1) is 18.0 Å². The number of carbonyl (C=O) groups is 1. The maximum absolute atomic E-state index is 13.3. The molecule has 1 amide bonds. The number of halogens is 2. The molecule has 1 aromatic carbocycles. The third-order valence-electron chi connectivity index (χ3n) is 4.22. The SMILES string of the molecule is O=C(Nc1nn(Cc2cccc(F)c2)cc1Cl)c1ccc(Cn2cc([N+](=O)[O-])cn2)o1. The standard InChI is InChI=1S/C19H14ClFN6O4/c20-16-11-26(8-12-2-1-3-13(21)6-12)24-18(16)23-19(28)17-5-4-15(31-17)10-25-9-14(7-22-25)27(29)30/h1-7,9,11H,8,10H2,(H,23,24,28). The Hall–Kier alpha value is -3.99. The fraction of sp³-hybridized carbons (Fsp3) is 0.105. The average Bonchev–Trinajstić information content (AvgIpc) is 3.44. The molecule has 0 radical (unpaired) electrons. The van der Waals surface area contributed by atoms with E-state index < -0.39 is 10.8 Å². The lowest BCUT2D eigenvalue weighted by Gasteiger charge is -2.02. The smallest absolute Gasteiger partial charge is 0.307 e. The second-order valence-electron chi connectivity index (χ2n) is 6.53. The topological polar surface area (TPSA) is 121 Å². The molecule has 10 nitrogen and oxygen atoms in total. The molecule has 0 atom stereocenters. The maximum atomic E-state index is 13.3. The van der Waals surface area contributed by atoms with Gasteiger partial charge in [0.15, 0.2) is 11.6 Å². The van der Waals surface area contributed by atoms with Crippen LogP contribution in [0.25, 0.3) is 0 Å². The second kappa shape index (κ2) is 8.40. The molecular weight excluding hydrogens is 431 g/mol. The molecule has 0 aliphatic heterocycles. The Balaban J connectivity index is 1.41. The molecule has 158 valence electrons. The first kappa shape index (κ1) is 20.3. The highest BCUT2D eigenvalue weighted by molar-refractivity contribution is 6.33. The third kappa shape index (κ3) is 4.78. The third-order valence-corrected chi connectivity index (χ3v) is 4.49. The van der Waals surface area contributed by atoms with Crippen molar-refractivity contribution in [3.63, 3.8) is 0 Å². The Morgan fingerprint density at radius 1 is 1.23 bits per heavy atom. The van der Waals surface area contributed by atoms with E-state index in [-0.39, 0.29) is 41.2 Å². The van der Waals surface area contributed by atoms with Gasteiger partial charge in [-0.15, -0.1) is 0 Å². The van der Waals surface area contributed by atoms with Crippen molar-refractivity contribution in [2.24, 2.45) is 0 Å². The lowest BCUT2D eigenvalue weighted by molar-refractivity contribution is -0.385. The molecule has 3 aromatic heterocycles. The molecule has 0 fully saturated rings. The van der Waals surface area contributed by atoms with E-state index in [9.17, 15) is 19.3 Å². The summed E-state index contributed by atoms with van der Waals surface area (Å²) in [6.07, 6.45) is 3.90. The maximum Gasteiger partial charge on any atom is 0.307 e. The van der Waals surface area contributed by atoms with Gasteiger partial charge in [0, 0.05) is 6.20 Å². The molecule has 0 saturated carbocycles. The van der Waals surface area contributed by atoms with E-state index in [1.807, 2.05) is 0 Å². The fourth-order valence-corrected chi connectivity index (χ4v) is 3.03. The van der Waals surface area contributed by atoms with E-state index >= 15 is 0 Å². The molecule has 4 rings (SSSR count). The van der Waals surface area contributed by atoms with Gasteiger partial charge < -0.3 is 9.73 Å². The predicted molar refractivity (Wildman–Crippen MR) is 107 cm³/mol. The van der Waals surface area contributed by atoms with Gasteiger partial charge >= 0.3 is 5.69 Å². The van der Waals surface area contributed by atoms with Crippen LogP contribution in [0.3, 0.4) is 0 Å².